The summed E-state index contributed by atoms with van der Waals surface area (Å²) in [5.74, 6) is 2.21. The molecule has 5 heteroatoms. The third-order valence-corrected chi connectivity index (χ3v) is 5.50. The third kappa shape index (κ3) is 3.77. The predicted octanol–water partition coefficient (Wildman–Crippen LogP) is 2.77. The molecular weight excluding hydrogens is 292 g/mol. The van der Waals surface area contributed by atoms with E-state index >= 15 is 0 Å². The molecule has 0 saturated carbocycles. The summed E-state index contributed by atoms with van der Waals surface area (Å²) in [4.78, 5) is 7.63. The van der Waals surface area contributed by atoms with Gasteiger partial charge in [0.05, 0.1) is 0 Å². The Bertz CT molecular complexity index is 628. The molecular formula is C17H24N4S. The van der Waals surface area contributed by atoms with Crippen LogP contribution in [-0.2, 0) is 6.42 Å². The molecule has 1 aromatic heterocycles. The first kappa shape index (κ1) is 15.3. The van der Waals surface area contributed by atoms with Crippen LogP contribution in [0.3, 0.4) is 0 Å². The molecule has 0 aliphatic carbocycles. The molecule has 2 aromatic rings. The van der Waals surface area contributed by atoms with Gasteiger partial charge < -0.3 is 15.6 Å². The Kier molecular flexibility index (Phi) is 5.27. The zero-order valence-electron chi connectivity index (χ0n) is 13.1. The van der Waals surface area contributed by atoms with E-state index in [9.17, 15) is 0 Å². The second-order valence-corrected chi connectivity index (χ2v) is 7.03. The molecule has 0 amide bonds. The second-order valence-electron chi connectivity index (χ2n) is 5.62. The number of guanidine groups is 1. The monoisotopic (exact) mass is 316 g/mol. The van der Waals surface area contributed by atoms with Gasteiger partial charge in [-0.3, -0.25) is 4.99 Å². The van der Waals surface area contributed by atoms with Crippen molar-refractivity contribution in [2.45, 2.75) is 24.5 Å². The number of aliphatic imine (C=N–C) groups is 1. The van der Waals surface area contributed by atoms with Crippen LogP contribution in [0.4, 0.5) is 0 Å². The molecule has 1 saturated heterocycles. The number of para-hydroxylation sites is 1. The fourth-order valence-electron chi connectivity index (χ4n) is 2.89. The van der Waals surface area contributed by atoms with Crippen molar-refractivity contribution in [3.63, 3.8) is 0 Å². The summed E-state index contributed by atoms with van der Waals surface area (Å²) in [5.41, 5.74) is 2.56. The summed E-state index contributed by atoms with van der Waals surface area (Å²) in [5, 5.41) is 8.91. The number of thioether (sulfide) groups is 1. The largest absolute Gasteiger partial charge is 0.361 e. The maximum Gasteiger partial charge on any atom is 0.191 e. The van der Waals surface area contributed by atoms with Gasteiger partial charge in [0.2, 0.25) is 0 Å². The van der Waals surface area contributed by atoms with Crippen LogP contribution in [0.5, 0.6) is 0 Å². The van der Waals surface area contributed by atoms with Crippen molar-refractivity contribution in [1.29, 1.82) is 0 Å². The van der Waals surface area contributed by atoms with Gasteiger partial charge in [-0.05, 0) is 36.6 Å². The average molecular weight is 316 g/mol. The predicted molar refractivity (Wildman–Crippen MR) is 96.8 cm³/mol. The average Bonchev–Trinajstić information content (AvgIpc) is 3.20. The zero-order valence-corrected chi connectivity index (χ0v) is 13.9. The highest BCUT2D eigenvalue weighted by Crippen LogP contribution is 2.25. The van der Waals surface area contributed by atoms with Gasteiger partial charge in [0, 0.05) is 42.5 Å². The molecule has 1 atom stereocenters. The SMILES string of the molecule is CN=C(NCCc1c[nH]c2ccccc12)NCC1CCCS1. The second kappa shape index (κ2) is 7.58. The minimum atomic E-state index is 0.743. The van der Waals surface area contributed by atoms with Crippen molar-refractivity contribution >= 4 is 28.6 Å². The Morgan fingerprint density at radius 2 is 2.27 bits per heavy atom. The first-order valence-corrected chi connectivity index (χ1v) is 9.03. The number of rotatable bonds is 5. The van der Waals surface area contributed by atoms with Gasteiger partial charge in [-0.25, -0.2) is 0 Å². The van der Waals surface area contributed by atoms with Gasteiger partial charge in [-0.2, -0.15) is 11.8 Å². The first-order chi connectivity index (χ1) is 10.9. The highest BCUT2D eigenvalue weighted by atomic mass is 32.2. The minimum absolute atomic E-state index is 0.743. The summed E-state index contributed by atoms with van der Waals surface area (Å²) >= 11 is 2.07. The normalized spacial score (nSPS) is 18.8. The number of H-pyrrole nitrogens is 1. The fraction of sp³-hybridized carbons (Fsp3) is 0.471. The number of fused-ring (bicyclic) bond motifs is 1. The van der Waals surface area contributed by atoms with E-state index in [1.54, 1.807) is 0 Å². The highest BCUT2D eigenvalue weighted by Gasteiger charge is 2.15. The molecule has 3 N–H and O–H groups in total. The van der Waals surface area contributed by atoms with E-state index in [0.717, 1.165) is 30.7 Å². The maximum atomic E-state index is 4.31. The van der Waals surface area contributed by atoms with Crippen LogP contribution in [-0.4, -0.2) is 42.1 Å². The van der Waals surface area contributed by atoms with Crippen LogP contribution in [0.15, 0.2) is 35.5 Å². The molecule has 4 nitrogen and oxygen atoms in total. The number of aromatic nitrogens is 1. The first-order valence-electron chi connectivity index (χ1n) is 7.98. The Hall–Kier alpha value is -1.62. The van der Waals surface area contributed by atoms with Gasteiger partial charge in [0.25, 0.3) is 0 Å². The Morgan fingerprint density at radius 1 is 1.36 bits per heavy atom. The molecule has 1 aliphatic rings. The Balaban J connectivity index is 1.46. The van der Waals surface area contributed by atoms with Gasteiger partial charge in [0.1, 0.15) is 0 Å². The maximum absolute atomic E-state index is 4.31. The minimum Gasteiger partial charge on any atom is -0.361 e. The quantitative estimate of drug-likeness (QED) is 0.587. The molecule has 1 aliphatic heterocycles. The number of nitrogens with one attached hydrogen (secondary N) is 3. The van der Waals surface area contributed by atoms with Crippen molar-refractivity contribution in [2.24, 2.45) is 4.99 Å². The van der Waals surface area contributed by atoms with Crippen molar-refractivity contribution < 1.29 is 0 Å². The summed E-state index contributed by atoms with van der Waals surface area (Å²) < 4.78 is 0. The van der Waals surface area contributed by atoms with E-state index in [1.807, 2.05) is 7.05 Å². The zero-order chi connectivity index (χ0) is 15.2. The van der Waals surface area contributed by atoms with Crippen molar-refractivity contribution in [3.05, 3.63) is 36.0 Å². The van der Waals surface area contributed by atoms with E-state index in [1.165, 1.54) is 35.1 Å². The summed E-state index contributed by atoms with van der Waals surface area (Å²) in [7, 11) is 1.84. The van der Waals surface area contributed by atoms with E-state index in [4.69, 9.17) is 0 Å². The molecule has 1 unspecified atom stereocenters. The van der Waals surface area contributed by atoms with Crippen LogP contribution in [0, 0.1) is 0 Å². The van der Waals surface area contributed by atoms with Gasteiger partial charge >= 0.3 is 0 Å². The number of hydrogen-bond donors (Lipinski definition) is 3. The lowest BCUT2D eigenvalue weighted by atomic mass is 10.1. The third-order valence-electron chi connectivity index (χ3n) is 4.11. The molecule has 0 radical (unpaired) electrons. The van der Waals surface area contributed by atoms with Crippen LogP contribution in [0.1, 0.15) is 18.4 Å². The van der Waals surface area contributed by atoms with Gasteiger partial charge in [-0.1, -0.05) is 18.2 Å². The highest BCUT2D eigenvalue weighted by molar-refractivity contribution is 8.00. The lowest BCUT2D eigenvalue weighted by molar-refractivity contribution is 0.724. The van der Waals surface area contributed by atoms with Crippen LogP contribution >= 0.6 is 11.8 Å². The van der Waals surface area contributed by atoms with Crippen molar-refractivity contribution in [1.82, 2.24) is 15.6 Å². The number of aromatic amines is 1. The Labute approximate surface area is 136 Å². The number of benzene rings is 1. The van der Waals surface area contributed by atoms with E-state index in [-0.39, 0.29) is 0 Å². The lowest BCUT2D eigenvalue weighted by Gasteiger charge is -2.14. The number of nitrogens with zero attached hydrogens (tertiary/aromatic N) is 1. The summed E-state index contributed by atoms with van der Waals surface area (Å²) in [6, 6.07) is 8.44. The van der Waals surface area contributed by atoms with Crippen LogP contribution < -0.4 is 10.6 Å². The molecule has 3 rings (SSSR count). The van der Waals surface area contributed by atoms with E-state index < -0.39 is 0 Å². The Morgan fingerprint density at radius 3 is 3.09 bits per heavy atom. The standard InChI is InChI=1S/C17H24N4S/c1-18-17(21-12-14-5-4-10-22-14)19-9-8-13-11-20-16-7-3-2-6-15(13)16/h2-3,6-7,11,14,20H,4-5,8-10,12H2,1H3,(H2,18,19,21). The summed E-state index contributed by atoms with van der Waals surface area (Å²) in [6.07, 6.45) is 5.77. The molecule has 22 heavy (non-hydrogen) atoms. The van der Waals surface area contributed by atoms with Crippen molar-refractivity contribution in [3.8, 4) is 0 Å². The van der Waals surface area contributed by atoms with Gasteiger partial charge in [0.15, 0.2) is 5.96 Å². The molecule has 1 fully saturated rings. The molecule has 0 bridgehead atoms. The molecule has 1 aromatic carbocycles. The van der Waals surface area contributed by atoms with Crippen LogP contribution in [0.25, 0.3) is 10.9 Å². The van der Waals surface area contributed by atoms with Crippen LogP contribution in [0.2, 0.25) is 0 Å². The summed E-state index contributed by atoms with van der Waals surface area (Å²) in [6.45, 7) is 1.90. The molecule has 118 valence electrons. The van der Waals surface area contributed by atoms with E-state index in [2.05, 4.69) is 62.8 Å². The van der Waals surface area contributed by atoms with Crippen molar-refractivity contribution in [2.75, 3.05) is 25.9 Å². The lowest BCUT2D eigenvalue weighted by Crippen LogP contribution is -2.40. The topological polar surface area (TPSA) is 52.2 Å². The number of hydrogen-bond acceptors (Lipinski definition) is 2. The van der Waals surface area contributed by atoms with E-state index in [0.29, 0.717) is 0 Å². The smallest absolute Gasteiger partial charge is 0.191 e. The molecule has 2 heterocycles. The fourth-order valence-corrected chi connectivity index (χ4v) is 4.09. The van der Waals surface area contributed by atoms with Gasteiger partial charge in [-0.15, -0.1) is 0 Å². The molecule has 0 spiro atoms.